The van der Waals surface area contributed by atoms with Gasteiger partial charge in [0, 0.05) is 18.5 Å². The summed E-state index contributed by atoms with van der Waals surface area (Å²) >= 11 is 11.6. The molecular formula is C17H20Cl2N4O4. The lowest BCUT2D eigenvalue weighted by Gasteiger charge is -2.19. The number of nitrogens with zero attached hydrogens (tertiary/aromatic N) is 1. The van der Waals surface area contributed by atoms with Crippen LogP contribution >= 0.6 is 23.2 Å². The molecule has 2 rings (SSSR count). The Hall–Kier alpha value is -2.32. The van der Waals surface area contributed by atoms with Gasteiger partial charge in [0.05, 0.1) is 16.6 Å². The summed E-state index contributed by atoms with van der Waals surface area (Å²) in [5.41, 5.74) is 4.67. The largest absolute Gasteiger partial charge is 0.343 e. The Balaban J connectivity index is 1.72. The van der Waals surface area contributed by atoms with Crippen molar-refractivity contribution in [1.82, 2.24) is 21.1 Å². The van der Waals surface area contributed by atoms with E-state index in [4.69, 9.17) is 23.2 Å². The summed E-state index contributed by atoms with van der Waals surface area (Å²) in [6.45, 7) is 0.0661. The zero-order valence-electron chi connectivity index (χ0n) is 14.5. The van der Waals surface area contributed by atoms with Crippen LogP contribution in [-0.4, -0.2) is 48.2 Å². The van der Waals surface area contributed by atoms with Gasteiger partial charge in [0.15, 0.2) is 0 Å². The molecule has 0 unspecified atom stereocenters. The van der Waals surface area contributed by atoms with Gasteiger partial charge < -0.3 is 10.2 Å². The van der Waals surface area contributed by atoms with Crippen LogP contribution in [0.4, 0.5) is 0 Å². The molecule has 1 aromatic rings. The Morgan fingerprint density at radius 3 is 2.48 bits per heavy atom. The SMILES string of the molecule is O=C(CNC(=O)c1ccc(Cl)c(Cl)c1)NNC(=O)CN1CCCCCC1=O. The number of amides is 4. The molecule has 4 amide bonds. The topological polar surface area (TPSA) is 108 Å². The molecule has 1 aliphatic rings. The fourth-order valence-electron chi connectivity index (χ4n) is 2.50. The van der Waals surface area contributed by atoms with Gasteiger partial charge in [-0.2, -0.15) is 0 Å². The van der Waals surface area contributed by atoms with Gasteiger partial charge in [0.25, 0.3) is 17.7 Å². The first-order valence-electron chi connectivity index (χ1n) is 8.45. The molecular weight excluding hydrogens is 395 g/mol. The number of carbonyl (C=O) groups is 4. The Kier molecular flexibility index (Phi) is 7.87. The Bertz CT molecular complexity index is 742. The van der Waals surface area contributed by atoms with Crippen LogP contribution < -0.4 is 16.2 Å². The Labute approximate surface area is 166 Å². The molecule has 8 nitrogen and oxygen atoms in total. The quantitative estimate of drug-likeness (QED) is 0.630. The maximum Gasteiger partial charge on any atom is 0.257 e. The fraction of sp³-hybridized carbons (Fsp3) is 0.412. The zero-order chi connectivity index (χ0) is 19.8. The van der Waals surface area contributed by atoms with E-state index in [2.05, 4.69) is 16.2 Å². The third-order valence-corrected chi connectivity index (χ3v) is 4.68. The number of hydrogen-bond acceptors (Lipinski definition) is 4. The molecule has 0 spiro atoms. The minimum absolute atomic E-state index is 0.0668. The highest BCUT2D eigenvalue weighted by atomic mass is 35.5. The van der Waals surface area contributed by atoms with Crippen LogP contribution in [-0.2, 0) is 14.4 Å². The first kappa shape index (κ1) is 21.0. The first-order valence-corrected chi connectivity index (χ1v) is 9.21. The van der Waals surface area contributed by atoms with Gasteiger partial charge in [-0.05, 0) is 31.0 Å². The summed E-state index contributed by atoms with van der Waals surface area (Å²) in [5.74, 6) is -1.69. The van der Waals surface area contributed by atoms with Gasteiger partial charge in [0.2, 0.25) is 5.91 Å². The number of benzene rings is 1. The average Bonchev–Trinajstić information content (AvgIpc) is 2.84. The highest BCUT2D eigenvalue weighted by Gasteiger charge is 2.19. The maximum absolute atomic E-state index is 12.0. The number of hydrogen-bond donors (Lipinski definition) is 3. The van der Waals surface area contributed by atoms with E-state index in [9.17, 15) is 19.2 Å². The van der Waals surface area contributed by atoms with Crippen LogP contribution in [0.2, 0.25) is 10.0 Å². The second-order valence-electron chi connectivity index (χ2n) is 6.03. The van der Waals surface area contributed by atoms with Gasteiger partial charge in [-0.25, -0.2) is 0 Å². The van der Waals surface area contributed by atoms with E-state index in [0.29, 0.717) is 18.0 Å². The first-order chi connectivity index (χ1) is 12.9. The average molecular weight is 415 g/mol. The van der Waals surface area contributed by atoms with Gasteiger partial charge in [-0.15, -0.1) is 0 Å². The molecule has 146 valence electrons. The molecule has 3 N–H and O–H groups in total. The van der Waals surface area contributed by atoms with E-state index in [0.717, 1.165) is 19.3 Å². The highest BCUT2D eigenvalue weighted by Crippen LogP contribution is 2.22. The van der Waals surface area contributed by atoms with Crippen LogP contribution in [0.15, 0.2) is 18.2 Å². The minimum Gasteiger partial charge on any atom is -0.343 e. The van der Waals surface area contributed by atoms with E-state index in [1.165, 1.54) is 23.1 Å². The van der Waals surface area contributed by atoms with Crippen molar-refractivity contribution in [3.8, 4) is 0 Å². The van der Waals surface area contributed by atoms with Crippen LogP contribution in [0.3, 0.4) is 0 Å². The molecule has 27 heavy (non-hydrogen) atoms. The van der Waals surface area contributed by atoms with Crippen LogP contribution in [0.1, 0.15) is 36.0 Å². The molecule has 1 heterocycles. The van der Waals surface area contributed by atoms with Crippen LogP contribution in [0.5, 0.6) is 0 Å². The summed E-state index contributed by atoms with van der Waals surface area (Å²) in [4.78, 5) is 48.9. The third kappa shape index (κ3) is 6.73. The van der Waals surface area contributed by atoms with Crippen molar-refractivity contribution < 1.29 is 19.2 Å². The van der Waals surface area contributed by atoms with Crippen molar-refractivity contribution >= 4 is 46.8 Å². The summed E-state index contributed by atoms with van der Waals surface area (Å²) < 4.78 is 0. The van der Waals surface area contributed by atoms with E-state index in [1.807, 2.05) is 0 Å². The van der Waals surface area contributed by atoms with Gasteiger partial charge in [-0.3, -0.25) is 30.0 Å². The van der Waals surface area contributed by atoms with E-state index < -0.39 is 17.7 Å². The zero-order valence-corrected chi connectivity index (χ0v) is 16.0. The van der Waals surface area contributed by atoms with Gasteiger partial charge in [0.1, 0.15) is 6.54 Å². The Morgan fingerprint density at radius 1 is 1.00 bits per heavy atom. The summed E-state index contributed by atoms with van der Waals surface area (Å²) in [5, 5.41) is 2.94. The third-order valence-electron chi connectivity index (χ3n) is 3.94. The summed E-state index contributed by atoms with van der Waals surface area (Å²) in [6, 6.07) is 4.34. The van der Waals surface area contributed by atoms with Gasteiger partial charge in [-0.1, -0.05) is 29.6 Å². The van der Waals surface area contributed by atoms with E-state index in [1.54, 1.807) is 0 Å². The summed E-state index contributed by atoms with van der Waals surface area (Å²) in [6.07, 6.45) is 3.07. The molecule has 1 fully saturated rings. The van der Waals surface area contributed by atoms with Crippen LogP contribution in [0, 0.1) is 0 Å². The van der Waals surface area contributed by atoms with Crippen molar-refractivity contribution in [1.29, 1.82) is 0 Å². The number of halogens is 2. The van der Waals surface area contributed by atoms with Crippen molar-refractivity contribution in [3.05, 3.63) is 33.8 Å². The highest BCUT2D eigenvalue weighted by molar-refractivity contribution is 6.42. The number of carbonyl (C=O) groups excluding carboxylic acids is 4. The van der Waals surface area contributed by atoms with Crippen molar-refractivity contribution in [2.24, 2.45) is 0 Å². The van der Waals surface area contributed by atoms with Crippen molar-refractivity contribution in [3.63, 3.8) is 0 Å². The molecule has 0 aromatic heterocycles. The number of hydrazine groups is 1. The Morgan fingerprint density at radius 2 is 1.74 bits per heavy atom. The normalized spacial score (nSPS) is 14.3. The van der Waals surface area contributed by atoms with Crippen molar-refractivity contribution in [2.45, 2.75) is 25.7 Å². The molecule has 1 aromatic carbocycles. The van der Waals surface area contributed by atoms with Crippen molar-refractivity contribution in [2.75, 3.05) is 19.6 Å². The number of likely N-dealkylation sites (tertiary alicyclic amines) is 1. The maximum atomic E-state index is 12.0. The standard InChI is InChI=1S/C17H20Cl2N4O4/c18-12-6-5-11(8-13(12)19)17(27)20-9-14(24)21-22-15(25)10-23-7-3-1-2-4-16(23)26/h5-6,8H,1-4,7,9-10H2,(H,20,27)(H,21,24)(H,22,25). The minimum atomic E-state index is -0.612. The lowest BCUT2D eigenvalue weighted by molar-refractivity contribution is -0.136. The molecule has 10 heteroatoms. The number of rotatable bonds is 5. The summed E-state index contributed by atoms with van der Waals surface area (Å²) in [7, 11) is 0. The lowest BCUT2D eigenvalue weighted by Crippen LogP contribution is -2.50. The lowest BCUT2D eigenvalue weighted by atomic mass is 10.2. The van der Waals surface area contributed by atoms with Gasteiger partial charge >= 0.3 is 0 Å². The molecule has 0 atom stereocenters. The molecule has 0 saturated carbocycles. The van der Waals surface area contributed by atoms with E-state index in [-0.39, 0.29) is 29.6 Å². The predicted octanol–water partition coefficient (Wildman–Crippen LogP) is 1.27. The predicted molar refractivity (Wildman–Crippen MR) is 100 cm³/mol. The molecule has 0 bridgehead atoms. The van der Waals surface area contributed by atoms with Crippen LogP contribution in [0.25, 0.3) is 0 Å². The molecule has 0 radical (unpaired) electrons. The molecule has 0 aliphatic carbocycles. The molecule has 1 saturated heterocycles. The molecule has 1 aliphatic heterocycles. The second kappa shape index (κ2) is 10.1. The van der Waals surface area contributed by atoms with E-state index >= 15 is 0 Å². The number of nitrogens with one attached hydrogen (secondary N) is 3. The smallest absolute Gasteiger partial charge is 0.257 e. The second-order valence-corrected chi connectivity index (χ2v) is 6.85. The monoisotopic (exact) mass is 414 g/mol. The fourth-order valence-corrected chi connectivity index (χ4v) is 2.80.